The molecule has 6 nitrogen and oxygen atoms in total. The molecule has 0 fully saturated rings. The van der Waals surface area contributed by atoms with E-state index in [1.165, 1.54) is 6.07 Å². The molecule has 0 saturated heterocycles. The highest BCUT2D eigenvalue weighted by molar-refractivity contribution is 6.12. The number of nitriles is 3. The summed E-state index contributed by atoms with van der Waals surface area (Å²) in [5, 5.41) is 33.6. The molecule has 60 heavy (non-hydrogen) atoms. The van der Waals surface area contributed by atoms with Gasteiger partial charge in [0.15, 0.2) is 0 Å². The molecule has 0 radical (unpaired) electrons. The highest BCUT2D eigenvalue weighted by atomic mass is 19.4. The molecule has 0 aliphatic rings. The molecule has 282 valence electrons. The van der Waals surface area contributed by atoms with Crippen LogP contribution in [0.25, 0.3) is 88.5 Å². The van der Waals surface area contributed by atoms with Gasteiger partial charge in [-0.25, -0.2) is 4.98 Å². The standard InChI is InChI=1S/C51H27F3N6/c52-51(53,54)37-22-31(27-55)21-36(23-37)44-26-50(60-46-16-8-6-14-41(46)43-20-18-33(25-48(43)60)39-12-4-2-10-35(39)29-57)58-30-49(44)59-45-15-7-5-13-40(45)42-19-17-32(24-47(42)59)38-11-3-1-9-34(38)28-56/h1-26,30H. The van der Waals surface area contributed by atoms with Crippen LogP contribution in [0.15, 0.2) is 164 Å². The molecular weight excluding hydrogens is 754 g/mol. The fraction of sp³-hybridized carbons (Fsp3) is 0.0196. The molecular formula is C51H27F3N6. The number of rotatable bonds is 5. The molecule has 0 aliphatic heterocycles. The Hall–Kier alpha value is -8.45. The van der Waals surface area contributed by atoms with E-state index in [9.17, 15) is 29.0 Å². The average molecular weight is 781 g/mol. The first-order chi connectivity index (χ1) is 29.2. The van der Waals surface area contributed by atoms with Crippen molar-refractivity contribution in [1.82, 2.24) is 14.1 Å². The van der Waals surface area contributed by atoms with Gasteiger partial charge in [0.25, 0.3) is 0 Å². The van der Waals surface area contributed by atoms with Crippen LogP contribution in [0.2, 0.25) is 0 Å². The van der Waals surface area contributed by atoms with Crippen molar-refractivity contribution in [2.75, 3.05) is 0 Å². The number of pyridine rings is 1. The Bertz CT molecular complexity index is 3530. The number of hydrogen-bond donors (Lipinski definition) is 0. The van der Waals surface area contributed by atoms with E-state index >= 15 is 0 Å². The van der Waals surface area contributed by atoms with Crippen molar-refractivity contribution in [3.63, 3.8) is 0 Å². The largest absolute Gasteiger partial charge is 0.416 e. The van der Waals surface area contributed by atoms with Crippen LogP contribution in [0.1, 0.15) is 22.3 Å². The van der Waals surface area contributed by atoms with Gasteiger partial charge in [-0.3, -0.25) is 4.57 Å². The molecule has 0 atom stereocenters. The van der Waals surface area contributed by atoms with Crippen molar-refractivity contribution in [3.8, 4) is 63.1 Å². The zero-order valence-electron chi connectivity index (χ0n) is 31.4. The predicted octanol–water partition coefficient (Wildman–Crippen LogP) is 12.9. The average Bonchev–Trinajstić information content (AvgIpc) is 3.80. The summed E-state index contributed by atoms with van der Waals surface area (Å²) in [6.45, 7) is 0. The maximum absolute atomic E-state index is 14.6. The molecule has 0 amide bonds. The summed E-state index contributed by atoms with van der Waals surface area (Å²) in [6.07, 6.45) is -3.05. The van der Waals surface area contributed by atoms with Crippen molar-refractivity contribution >= 4 is 43.6 Å². The van der Waals surface area contributed by atoms with E-state index in [1.807, 2.05) is 137 Å². The minimum Gasteiger partial charge on any atom is -0.307 e. The minimum absolute atomic E-state index is 0.139. The lowest BCUT2D eigenvalue weighted by molar-refractivity contribution is -0.137. The molecule has 0 unspecified atom stereocenters. The summed E-state index contributed by atoms with van der Waals surface area (Å²) in [6, 6.07) is 54.0. The maximum Gasteiger partial charge on any atom is 0.416 e. The zero-order valence-corrected chi connectivity index (χ0v) is 31.4. The van der Waals surface area contributed by atoms with Crippen LogP contribution in [0, 0.1) is 34.0 Å². The number of benzene rings is 7. The van der Waals surface area contributed by atoms with Gasteiger partial charge in [0, 0.05) is 27.1 Å². The number of alkyl halides is 3. The van der Waals surface area contributed by atoms with Gasteiger partial charge in [0.1, 0.15) is 5.82 Å². The first-order valence-electron chi connectivity index (χ1n) is 18.9. The molecule has 0 saturated carbocycles. The molecule has 0 bridgehead atoms. The second kappa shape index (κ2) is 13.9. The van der Waals surface area contributed by atoms with Gasteiger partial charge in [-0.2, -0.15) is 29.0 Å². The smallest absolute Gasteiger partial charge is 0.307 e. The van der Waals surface area contributed by atoms with E-state index < -0.39 is 11.7 Å². The summed E-state index contributed by atoms with van der Waals surface area (Å²) < 4.78 is 47.7. The Labute approximate surface area is 341 Å². The number of para-hydroxylation sites is 2. The van der Waals surface area contributed by atoms with Crippen LogP contribution in [0.4, 0.5) is 13.2 Å². The monoisotopic (exact) mass is 780 g/mol. The fourth-order valence-electron chi connectivity index (χ4n) is 8.43. The summed E-state index contributed by atoms with van der Waals surface area (Å²) in [5.74, 6) is 0.436. The van der Waals surface area contributed by atoms with Gasteiger partial charge >= 0.3 is 6.18 Å². The SMILES string of the molecule is N#Cc1cc(-c2cc(-n3c4ccccc4c4ccc(-c5ccccc5C#N)cc43)ncc2-n2c3ccccc3c3ccc(-c4ccccc4C#N)cc32)cc(C(F)(F)F)c1. The number of fused-ring (bicyclic) bond motifs is 6. The van der Waals surface area contributed by atoms with E-state index in [2.05, 4.69) is 12.1 Å². The van der Waals surface area contributed by atoms with Gasteiger partial charge in [-0.05, 0) is 88.5 Å². The summed E-state index contributed by atoms with van der Waals surface area (Å²) in [5.41, 5.74) is 7.28. The molecule has 7 aromatic carbocycles. The lowest BCUT2D eigenvalue weighted by Gasteiger charge is -2.18. The first kappa shape index (κ1) is 35.9. The van der Waals surface area contributed by atoms with Crippen LogP contribution < -0.4 is 0 Å². The van der Waals surface area contributed by atoms with Crippen LogP contribution in [0.3, 0.4) is 0 Å². The Kier molecular flexibility index (Phi) is 8.31. The Morgan fingerprint density at radius 2 is 0.967 bits per heavy atom. The van der Waals surface area contributed by atoms with E-state index in [4.69, 9.17) is 4.98 Å². The summed E-state index contributed by atoms with van der Waals surface area (Å²) in [4.78, 5) is 5.09. The molecule has 0 spiro atoms. The van der Waals surface area contributed by atoms with Crippen molar-refractivity contribution in [3.05, 3.63) is 186 Å². The fourth-order valence-corrected chi connectivity index (χ4v) is 8.43. The molecule has 3 aromatic heterocycles. The predicted molar refractivity (Wildman–Crippen MR) is 228 cm³/mol. The maximum atomic E-state index is 14.6. The van der Waals surface area contributed by atoms with Crippen molar-refractivity contribution in [1.29, 1.82) is 15.8 Å². The van der Waals surface area contributed by atoms with Crippen molar-refractivity contribution in [2.45, 2.75) is 6.18 Å². The van der Waals surface area contributed by atoms with E-state index in [1.54, 1.807) is 24.4 Å². The normalized spacial score (nSPS) is 11.5. The first-order valence-corrected chi connectivity index (χ1v) is 18.9. The molecule has 9 heteroatoms. The van der Waals surface area contributed by atoms with E-state index in [0.717, 1.165) is 78.0 Å². The highest BCUT2D eigenvalue weighted by Gasteiger charge is 2.32. The lowest BCUT2D eigenvalue weighted by atomic mass is 9.98. The molecule has 3 heterocycles. The third-order valence-electron chi connectivity index (χ3n) is 11.1. The summed E-state index contributed by atoms with van der Waals surface area (Å²) >= 11 is 0. The minimum atomic E-state index is -4.73. The van der Waals surface area contributed by atoms with Gasteiger partial charge in [0.05, 0.1) is 74.4 Å². The number of aromatic nitrogens is 3. The Morgan fingerprint density at radius 3 is 1.53 bits per heavy atom. The van der Waals surface area contributed by atoms with Gasteiger partial charge in [0.2, 0.25) is 0 Å². The summed E-state index contributed by atoms with van der Waals surface area (Å²) in [7, 11) is 0. The second-order valence-corrected chi connectivity index (χ2v) is 14.5. The molecule has 0 aliphatic carbocycles. The van der Waals surface area contributed by atoms with Crippen LogP contribution in [-0.2, 0) is 6.18 Å². The molecule has 10 aromatic rings. The zero-order chi connectivity index (χ0) is 41.1. The second-order valence-electron chi connectivity index (χ2n) is 14.5. The third-order valence-corrected chi connectivity index (χ3v) is 11.1. The van der Waals surface area contributed by atoms with Gasteiger partial charge in [-0.15, -0.1) is 0 Å². The third kappa shape index (κ3) is 5.75. The van der Waals surface area contributed by atoms with Crippen LogP contribution in [0.5, 0.6) is 0 Å². The number of nitrogens with zero attached hydrogens (tertiary/aromatic N) is 6. The van der Waals surface area contributed by atoms with Gasteiger partial charge in [-0.1, -0.05) is 97.1 Å². The van der Waals surface area contributed by atoms with Crippen molar-refractivity contribution < 1.29 is 13.2 Å². The van der Waals surface area contributed by atoms with Crippen LogP contribution >= 0.6 is 0 Å². The highest BCUT2D eigenvalue weighted by Crippen LogP contribution is 2.42. The number of hydrogen-bond acceptors (Lipinski definition) is 4. The number of halogens is 3. The van der Waals surface area contributed by atoms with Gasteiger partial charge < -0.3 is 4.57 Å². The van der Waals surface area contributed by atoms with Crippen LogP contribution in [-0.4, -0.2) is 14.1 Å². The Morgan fingerprint density at radius 1 is 0.450 bits per heavy atom. The Balaban J connectivity index is 1.30. The molecule has 0 N–H and O–H groups in total. The van der Waals surface area contributed by atoms with Crippen molar-refractivity contribution in [2.24, 2.45) is 0 Å². The van der Waals surface area contributed by atoms with E-state index in [0.29, 0.717) is 28.2 Å². The quantitative estimate of drug-likeness (QED) is 0.174. The topological polar surface area (TPSA) is 94.1 Å². The lowest BCUT2D eigenvalue weighted by Crippen LogP contribution is -2.07. The molecule has 10 rings (SSSR count). The van der Waals surface area contributed by atoms with E-state index in [-0.39, 0.29) is 11.1 Å².